The van der Waals surface area contributed by atoms with Crippen LogP contribution in [0.1, 0.15) is 17.0 Å². The van der Waals surface area contributed by atoms with Gasteiger partial charge >= 0.3 is 0 Å². The lowest BCUT2D eigenvalue weighted by atomic mass is 10.2. The maximum atomic E-state index is 11.6. The van der Waals surface area contributed by atoms with Gasteiger partial charge in [0.15, 0.2) is 0 Å². The van der Waals surface area contributed by atoms with Gasteiger partial charge in [-0.25, -0.2) is 0 Å². The Kier molecular flexibility index (Phi) is 5.35. The third-order valence-corrected chi connectivity index (χ3v) is 4.14. The number of aromatic nitrogens is 2. The van der Waals surface area contributed by atoms with E-state index in [0.717, 1.165) is 16.5 Å². The van der Waals surface area contributed by atoms with Crippen LogP contribution < -0.4 is 5.32 Å². The van der Waals surface area contributed by atoms with Crippen molar-refractivity contribution in [1.82, 2.24) is 10.2 Å². The van der Waals surface area contributed by atoms with E-state index in [2.05, 4.69) is 27.6 Å². The number of rotatable bonds is 6. The van der Waals surface area contributed by atoms with Gasteiger partial charge in [0.25, 0.3) is 0 Å². The van der Waals surface area contributed by atoms with Crippen molar-refractivity contribution in [2.45, 2.75) is 19.1 Å². The number of anilines is 1. The van der Waals surface area contributed by atoms with Crippen molar-refractivity contribution in [3.63, 3.8) is 0 Å². The van der Waals surface area contributed by atoms with Gasteiger partial charge in [-0.05, 0) is 12.5 Å². The Morgan fingerprint density at radius 1 is 1.32 bits per heavy atom. The molecular formula is C13H15N3OS2. The highest BCUT2D eigenvalue weighted by atomic mass is 32.2. The zero-order valence-corrected chi connectivity index (χ0v) is 12.3. The second-order valence-corrected chi connectivity index (χ2v) is 6.25. The molecule has 1 aromatic carbocycles. The molecular weight excluding hydrogens is 278 g/mol. The summed E-state index contributed by atoms with van der Waals surface area (Å²) in [7, 11) is 0. The first-order chi connectivity index (χ1) is 9.24. The minimum Gasteiger partial charge on any atom is -0.301 e. The lowest BCUT2D eigenvalue weighted by Crippen LogP contribution is -2.12. The first-order valence-electron chi connectivity index (χ1n) is 5.95. The number of hydrogen-bond acceptors (Lipinski definition) is 5. The Morgan fingerprint density at radius 3 is 2.79 bits per heavy atom. The SMILES string of the molecule is Cc1nnc(NC(=O)CCSCc2ccccc2)s1. The van der Waals surface area contributed by atoms with Crippen LogP contribution in [0.2, 0.25) is 0 Å². The van der Waals surface area contributed by atoms with E-state index in [9.17, 15) is 4.79 Å². The molecule has 0 unspecified atom stereocenters. The highest BCUT2D eigenvalue weighted by Gasteiger charge is 2.06. The second kappa shape index (κ2) is 7.25. The van der Waals surface area contributed by atoms with Gasteiger partial charge < -0.3 is 5.32 Å². The molecule has 0 saturated heterocycles. The molecule has 0 aliphatic rings. The maximum absolute atomic E-state index is 11.6. The van der Waals surface area contributed by atoms with Gasteiger partial charge in [0.2, 0.25) is 11.0 Å². The molecule has 6 heteroatoms. The zero-order valence-electron chi connectivity index (χ0n) is 10.6. The predicted molar refractivity (Wildman–Crippen MR) is 80.5 cm³/mol. The molecule has 1 heterocycles. The number of nitrogens with one attached hydrogen (secondary N) is 1. The van der Waals surface area contributed by atoms with Crippen LogP contribution in [0.3, 0.4) is 0 Å². The number of carbonyl (C=O) groups is 1. The second-order valence-electron chi connectivity index (χ2n) is 3.96. The smallest absolute Gasteiger partial charge is 0.227 e. The Labute approximate surface area is 120 Å². The first-order valence-corrected chi connectivity index (χ1v) is 7.93. The minimum absolute atomic E-state index is 0.00304. The molecule has 0 atom stereocenters. The molecule has 0 radical (unpaired) electrons. The normalized spacial score (nSPS) is 10.4. The standard InChI is InChI=1S/C13H15N3OS2/c1-10-15-16-13(19-10)14-12(17)7-8-18-9-11-5-3-2-4-6-11/h2-6H,7-9H2,1H3,(H,14,16,17). The largest absolute Gasteiger partial charge is 0.301 e. The number of thioether (sulfide) groups is 1. The first kappa shape index (κ1) is 14.0. The van der Waals surface area contributed by atoms with E-state index in [0.29, 0.717) is 11.6 Å². The monoisotopic (exact) mass is 293 g/mol. The zero-order chi connectivity index (χ0) is 13.5. The van der Waals surface area contributed by atoms with Crippen LogP contribution in [0, 0.1) is 6.92 Å². The van der Waals surface area contributed by atoms with E-state index >= 15 is 0 Å². The lowest BCUT2D eigenvalue weighted by molar-refractivity contribution is -0.115. The summed E-state index contributed by atoms with van der Waals surface area (Å²) in [6, 6.07) is 10.3. The Morgan fingerprint density at radius 2 is 2.11 bits per heavy atom. The highest BCUT2D eigenvalue weighted by molar-refractivity contribution is 7.98. The molecule has 1 amide bonds. The number of nitrogens with zero attached hydrogens (tertiary/aromatic N) is 2. The molecule has 1 aromatic heterocycles. The summed E-state index contributed by atoms with van der Waals surface area (Å²) in [5.41, 5.74) is 1.28. The van der Waals surface area contributed by atoms with E-state index in [4.69, 9.17) is 0 Å². The molecule has 0 bridgehead atoms. The van der Waals surface area contributed by atoms with Crippen molar-refractivity contribution < 1.29 is 4.79 Å². The Balaban J connectivity index is 1.64. The van der Waals surface area contributed by atoms with Crippen LogP contribution in [0.25, 0.3) is 0 Å². The van der Waals surface area contributed by atoms with Crippen molar-refractivity contribution in [1.29, 1.82) is 0 Å². The Hall–Kier alpha value is -1.40. The van der Waals surface area contributed by atoms with Crippen molar-refractivity contribution >= 4 is 34.1 Å². The average molecular weight is 293 g/mol. The topological polar surface area (TPSA) is 54.9 Å². The van der Waals surface area contributed by atoms with Gasteiger partial charge in [-0.15, -0.1) is 10.2 Å². The van der Waals surface area contributed by atoms with Crippen LogP contribution >= 0.6 is 23.1 Å². The summed E-state index contributed by atoms with van der Waals surface area (Å²) in [6.45, 7) is 1.86. The number of amides is 1. The molecule has 4 nitrogen and oxygen atoms in total. The van der Waals surface area contributed by atoms with Gasteiger partial charge in [-0.1, -0.05) is 41.7 Å². The van der Waals surface area contributed by atoms with Gasteiger partial charge in [-0.3, -0.25) is 4.79 Å². The summed E-state index contributed by atoms with van der Waals surface area (Å²) < 4.78 is 0. The summed E-state index contributed by atoms with van der Waals surface area (Å²) >= 11 is 3.15. The summed E-state index contributed by atoms with van der Waals surface area (Å²) in [6.07, 6.45) is 0.496. The van der Waals surface area contributed by atoms with Crippen LogP contribution in [0.5, 0.6) is 0 Å². The number of aryl methyl sites for hydroxylation is 1. The Bertz CT molecular complexity index is 528. The van der Waals surface area contributed by atoms with Crippen LogP contribution in [0.15, 0.2) is 30.3 Å². The predicted octanol–water partition coefficient (Wildman–Crippen LogP) is 3.11. The fraction of sp³-hybridized carbons (Fsp3) is 0.308. The van der Waals surface area contributed by atoms with Crippen molar-refractivity contribution in [3.05, 3.63) is 40.9 Å². The fourth-order valence-corrected chi connectivity index (χ4v) is 2.97. The van der Waals surface area contributed by atoms with Gasteiger partial charge in [0.1, 0.15) is 5.01 Å². The summed E-state index contributed by atoms with van der Waals surface area (Å²) in [5.74, 6) is 1.74. The third kappa shape index (κ3) is 5.00. The number of hydrogen-bond donors (Lipinski definition) is 1. The molecule has 2 rings (SSSR count). The van der Waals surface area contributed by atoms with E-state index in [1.54, 1.807) is 11.8 Å². The van der Waals surface area contributed by atoms with Gasteiger partial charge in [-0.2, -0.15) is 11.8 Å². The molecule has 0 fully saturated rings. The number of carbonyl (C=O) groups excluding carboxylic acids is 1. The van der Waals surface area contributed by atoms with E-state index in [1.807, 2.05) is 25.1 Å². The maximum Gasteiger partial charge on any atom is 0.227 e. The molecule has 0 spiro atoms. The van der Waals surface area contributed by atoms with Crippen molar-refractivity contribution in [2.24, 2.45) is 0 Å². The van der Waals surface area contributed by atoms with Crippen molar-refractivity contribution in [3.8, 4) is 0 Å². The molecule has 0 saturated carbocycles. The van der Waals surface area contributed by atoms with E-state index < -0.39 is 0 Å². The molecule has 1 N–H and O–H groups in total. The summed E-state index contributed by atoms with van der Waals surface area (Å²) in [5, 5.41) is 11.9. The lowest BCUT2D eigenvalue weighted by Gasteiger charge is -2.02. The van der Waals surface area contributed by atoms with Crippen molar-refractivity contribution in [2.75, 3.05) is 11.1 Å². The molecule has 0 aliphatic carbocycles. The molecule has 19 heavy (non-hydrogen) atoms. The average Bonchev–Trinajstić information content (AvgIpc) is 2.81. The molecule has 0 aliphatic heterocycles. The van der Waals surface area contributed by atoms with Gasteiger partial charge in [0, 0.05) is 17.9 Å². The number of benzene rings is 1. The third-order valence-electron chi connectivity index (χ3n) is 2.36. The van der Waals surface area contributed by atoms with Crippen LogP contribution in [-0.4, -0.2) is 21.9 Å². The van der Waals surface area contributed by atoms with Gasteiger partial charge in [0.05, 0.1) is 0 Å². The van der Waals surface area contributed by atoms with Crippen LogP contribution in [0.4, 0.5) is 5.13 Å². The molecule has 2 aromatic rings. The minimum atomic E-state index is -0.00304. The quantitative estimate of drug-likeness (QED) is 0.831. The highest BCUT2D eigenvalue weighted by Crippen LogP contribution is 2.15. The molecule has 100 valence electrons. The van der Waals surface area contributed by atoms with Crippen LogP contribution in [-0.2, 0) is 10.5 Å². The van der Waals surface area contributed by atoms with E-state index in [-0.39, 0.29) is 5.91 Å². The fourth-order valence-electron chi connectivity index (χ4n) is 1.46. The summed E-state index contributed by atoms with van der Waals surface area (Å²) in [4.78, 5) is 11.6. The van der Waals surface area contributed by atoms with E-state index in [1.165, 1.54) is 16.9 Å².